The molecule has 2 aliphatic heterocycles. The lowest BCUT2D eigenvalue weighted by molar-refractivity contribution is -0.145. The summed E-state index contributed by atoms with van der Waals surface area (Å²) in [6.07, 6.45) is 4.06. The molecule has 1 saturated carbocycles. The van der Waals surface area contributed by atoms with Gasteiger partial charge in [0.25, 0.3) is 0 Å². The van der Waals surface area contributed by atoms with Crippen molar-refractivity contribution in [2.75, 3.05) is 46.9 Å². The van der Waals surface area contributed by atoms with Crippen molar-refractivity contribution < 1.29 is 9.53 Å². The number of guanidine groups is 1. The molecule has 0 aromatic heterocycles. The number of hydrogen-bond acceptors (Lipinski definition) is 4. The van der Waals surface area contributed by atoms with E-state index in [9.17, 15) is 4.79 Å². The molecule has 6 nitrogen and oxygen atoms in total. The van der Waals surface area contributed by atoms with Crippen molar-refractivity contribution in [2.45, 2.75) is 32.2 Å². The summed E-state index contributed by atoms with van der Waals surface area (Å²) in [6, 6.07) is 0.875. The SMILES string of the molecule is CN=C(NCC1CCN(C2CC2)C1)N1CC(C)C(C(=O)OC)C1. The minimum Gasteiger partial charge on any atom is -0.469 e. The van der Waals surface area contributed by atoms with Crippen LogP contribution in [0.4, 0.5) is 0 Å². The highest BCUT2D eigenvalue weighted by molar-refractivity contribution is 5.82. The van der Waals surface area contributed by atoms with E-state index in [4.69, 9.17) is 4.74 Å². The number of carbonyl (C=O) groups is 1. The van der Waals surface area contributed by atoms with Crippen LogP contribution in [0.3, 0.4) is 0 Å². The van der Waals surface area contributed by atoms with Gasteiger partial charge in [-0.2, -0.15) is 0 Å². The number of hydrogen-bond donors (Lipinski definition) is 1. The summed E-state index contributed by atoms with van der Waals surface area (Å²) in [4.78, 5) is 21.1. The molecule has 3 aliphatic rings. The Bertz CT molecular complexity index is 464. The summed E-state index contributed by atoms with van der Waals surface area (Å²) in [7, 11) is 3.29. The van der Waals surface area contributed by atoms with Gasteiger partial charge in [-0.15, -0.1) is 0 Å². The van der Waals surface area contributed by atoms with E-state index in [0.29, 0.717) is 18.4 Å². The third-order valence-corrected chi connectivity index (χ3v) is 5.56. The van der Waals surface area contributed by atoms with Crippen molar-refractivity contribution >= 4 is 11.9 Å². The van der Waals surface area contributed by atoms with Crippen LogP contribution in [0, 0.1) is 17.8 Å². The molecule has 0 amide bonds. The van der Waals surface area contributed by atoms with Gasteiger partial charge in [0.05, 0.1) is 13.0 Å². The zero-order chi connectivity index (χ0) is 16.4. The Kier molecular flexibility index (Phi) is 5.09. The molecule has 0 aromatic carbocycles. The molecule has 0 aromatic rings. The number of ether oxygens (including phenoxy) is 1. The Morgan fingerprint density at radius 2 is 2.04 bits per heavy atom. The van der Waals surface area contributed by atoms with Gasteiger partial charge in [0.2, 0.25) is 0 Å². The number of esters is 1. The van der Waals surface area contributed by atoms with Crippen LogP contribution >= 0.6 is 0 Å². The number of nitrogens with one attached hydrogen (secondary N) is 1. The van der Waals surface area contributed by atoms with E-state index < -0.39 is 0 Å². The predicted octanol–water partition coefficient (Wildman–Crippen LogP) is 0.787. The third-order valence-electron chi connectivity index (χ3n) is 5.56. The van der Waals surface area contributed by atoms with Gasteiger partial charge in [-0.25, -0.2) is 0 Å². The summed E-state index contributed by atoms with van der Waals surface area (Å²) in [5.41, 5.74) is 0. The van der Waals surface area contributed by atoms with Gasteiger partial charge in [0.15, 0.2) is 5.96 Å². The second kappa shape index (κ2) is 7.07. The largest absolute Gasteiger partial charge is 0.469 e. The monoisotopic (exact) mass is 322 g/mol. The van der Waals surface area contributed by atoms with Crippen molar-refractivity contribution in [1.29, 1.82) is 0 Å². The maximum absolute atomic E-state index is 11.8. The Labute approximate surface area is 139 Å². The Balaban J connectivity index is 1.47. The first kappa shape index (κ1) is 16.6. The first-order valence-electron chi connectivity index (χ1n) is 8.89. The van der Waals surface area contributed by atoms with Crippen LogP contribution in [0.5, 0.6) is 0 Å². The molecule has 2 heterocycles. The number of carbonyl (C=O) groups excluding carboxylic acids is 1. The molecule has 6 heteroatoms. The van der Waals surface area contributed by atoms with Crippen LogP contribution in [-0.2, 0) is 9.53 Å². The Morgan fingerprint density at radius 3 is 2.70 bits per heavy atom. The van der Waals surface area contributed by atoms with Crippen LogP contribution < -0.4 is 5.32 Å². The summed E-state index contributed by atoms with van der Waals surface area (Å²) >= 11 is 0. The fraction of sp³-hybridized carbons (Fsp3) is 0.882. The molecule has 3 rings (SSSR count). The number of nitrogens with zero attached hydrogens (tertiary/aromatic N) is 3. The van der Waals surface area contributed by atoms with E-state index in [2.05, 4.69) is 27.0 Å². The van der Waals surface area contributed by atoms with Crippen molar-refractivity contribution in [3.05, 3.63) is 0 Å². The van der Waals surface area contributed by atoms with Gasteiger partial charge in [0.1, 0.15) is 0 Å². The normalized spacial score (nSPS) is 32.4. The Morgan fingerprint density at radius 1 is 1.26 bits per heavy atom. The van der Waals surface area contributed by atoms with Crippen molar-refractivity contribution in [3.8, 4) is 0 Å². The summed E-state index contributed by atoms with van der Waals surface area (Å²) in [5, 5.41) is 3.53. The number of methoxy groups -OCH3 is 1. The van der Waals surface area contributed by atoms with Crippen molar-refractivity contribution in [2.24, 2.45) is 22.7 Å². The lowest BCUT2D eigenvalue weighted by atomic mass is 9.99. The van der Waals surface area contributed by atoms with E-state index in [1.54, 1.807) is 0 Å². The second-order valence-electron chi connectivity index (χ2n) is 7.32. The van der Waals surface area contributed by atoms with Crippen molar-refractivity contribution in [1.82, 2.24) is 15.1 Å². The fourth-order valence-corrected chi connectivity index (χ4v) is 3.97. The van der Waals surface area contributed by atoms with Crippen LogP contribution in [0.25, 0.3) is 0 Å². The average molecular weight is 322 g/mol. The minimum absolute atomic E-state index is 0.0459. The quantitative estimate of drug-likeness (QED) is 0.471. The van der Waals surface area contributed by atoms with Crippen LogP contribution in [0.15, 0.2) is 4.99 Å². The standard InChI is InChI=1S/C17H30N4O2/c1-12-9-21(11-15(12)16(22)23-3)17(18-2)19-8-13-6-7-20(10-13)14-4-5-14/h12-15H,4-11H2,1-3H3,(H,18,19). The first-order chi connectivity index (χ1) is 11.1. The van der Waals surface area contributed by atoms with Gasteiger partial charge in [-0.1, -0.05) is 6.92 Å². The fourth-order valence-electron chi connectivity index (χ4n) is 3.97. The number of likely N-dealkylation sites (tertiary alicyclic amines) is 2. The van der Waals surface area contributed by atoms with E-state index in [1.165, 1.54) is 39.5 Å². The molecule has 0 spiro atoms. The Hall–Kier alpha value is -1.30. The molecule has 3 atom stereocenters. The first-order valence-corrected chi connectivity index (χ1v) is 8.89. The minimum atomic E-state index is -0.105. The third kappa shape index (κ3) is 3.79. The molecule has 130 valence electrons. The summed E-state index contributed by atoms with van der Waals surface area (Å²) in [6.45, 7) is 7.12. The predicted molar refractivity (Wildman–Crippen MR) is 90.3 cm³/mol. The van der Waals surface area contributed by atoms with E-state index in [0.717, 1.165) is 25.1 Å². The topological polar surface area (TPSA) is 57.2 Å². The van der Waals surface area contributed by atoms with Gasteiger partial charge in [-0.05, 0) is 37.6 Å². The van der Waals surface area contributed by atoms with Gasteiger partial charge in [0, 0.05) is 39.3 Å². The number of rotatable bonds is 4. The second-order valence-corrected chi connectivity index (χ2v) is 7.32. The van der Waals surface area contributed by atoms with Crippen LogP contribution in [0.2, 0.25) is 0 Å². The molecule has 23 heavy (non-hydrogen) atoms. The highest BCUT2D eigenvalue weighted by Gasteiger charge is 2.37. The molecule has 0 radical (unpaired) electrons. The highest BCUT2D eigenvalue weighted by Crippen LogP contribution is 2.31. The highest BCUT2D eigenvalue weighted by atomic mass is 16.5. The maximum Gasteiger partial charge on any atom is 0.310 e. The molecule has 3 unspecified atom stereocenters. The average Bonchev–Trinajstić information content (AvgIpc) is 3.18. The zero-order valence-electron chi connectivity index (χ0n) is 14.6. The lowest BCUT2D eigenvalue weighted by Crippen LogP contribution is -2.42. The number of aliphatic imine (C=N–C) groups is 1. The summed E-state index contributed by atoms with van der Waals surface area (Å²) < 4.78 is 4.92. The van der Waals surface area contributed by atoms with Crippen LogP contribution in [0.1, 0.15) is 26.2 Å². The maximum atomic E-state index is 11.8. The van der Waals surface area contributed by atoms with Crippen LogP contribution in [-0.4, -0.2) is 74.7 Å². The molecule has 1 N–H and O–H groups in total. The molecule has 0 bridgehead atoms. The van der Waals surface area contributed by atoms with E-state index in [1.807, 2.05) is 7.05 Å². The molecule has 1 aliphatic carbocycles. The smallest absolute Gasteiger partial charge is 0.310 e. The lowest BCUT2D eigenvalue weighted by Gasteiger charge is -2.23. The molecule has 2 saturated heterocycles. The van der Waals surface area contributed by atoms with Crippen molar-refractivity contribution in [3.63, 3.8) is 0 Å². The zero-order valence-corrected chi connectivity index (χ0v) is 14.6. The van der Waals surface area contributed by atoms with E-state index >= 15 is 0 Å². The van der Waals surface area contributed by atoms with Gasteiger partial charge >= 0.3 is 5.97 Å². The van der Waals surface area contributed by atoms with Gasteiger partial charge in [-0.3, -0.25) is 9.79 Å². The summed E-state index contributed by atoms with van der Waals surface area (Å²) in [5.74, 6) is 1.79. The van der Waals surface area contributed by atoms with Gasteiger partial charge < -0.3 is 19.9 Å². The molecule has 3 fully saturated rings. The van der Waals surface area contributed by atoms with E-state index in [-0.39, 0.29) is 11.9 Å². The molecular weight excluding hydrogens is 292 g/mol. The molecular formula is C17H30N4O2.